The lowest BCUT2D eigenvalue weighted by Crippen LogP contribution is -2.59. The predicted molar refractivity (Wildman–Crippen MR) is 116 cm³/mol. The van der Waals surface area contributed by atoms with Crippen LogP contribution in [0.3, 0.4) is 0 Å². The molecule has 0 rings (SSSR count). The van der Waals surface area contributed by atoms with Gasteiger partial charge in [-0.2, -0.15) is 0 Å². The Bertz CT molecular complexity index is 683. The van der Waals surface area contributed by atoms with Crippen molar-refractivity contribution >= 4 is 29.6 Å². The summed E-state index contributed by atoms with van der Waals surface area (Å²) in [5, 5.41) is 26.0. The van der Waals surface area contributed by atoms with E-state index in [1.807, 2.05) is 0 Å². The molecule has 0 aromatic carbocycles. The summed E-state index contributed by atoms with van der Waals surface area (Å²) in [4.78, 5) is 60.7. The summed E-state index contributed by atoms with van der Waals surface area (Å²) in [7, 11) is 0. The standard InChI is InChI=1S/C20H37N5O7/c1-6-10(4)16(20(31)32)25-18(29)13(8-14(21)27)23-17(28)12(7-9(2)3)24-19(30)15(22)11(5)26/h9-13,15-16,26H,6-8,22H2,1-5H3,(H2,21,27)(H,23,28)(H,24,30)(H,25,29)(H,31,32). The van der Waals surface area contributed by atoms with E-state index in [9.17, 15) is 34.2 Å². The van der Waals surface area contributed by atoms with Gasteiger partial charge in [0, 0.05) is 0 Å². The molecule has 0 saturated heterocycles. The molecule has 9 N–H and O–H groups in total. The summed E-state index contributed by atoms with van der Waals surface area (Å²) in [6, 6.07) is -5.05. The van der Waals surface area contributed by atoms with E-state index < -0.39 is 72.2 Å². The maximum Gasteiger partial charge on any atom is 0.326 e. The normalized spacial score (nSPS) is 16.8. The van der Waals surface area contributed by atoms with Crippen molar-refractivity contribution in [1.29, 1.82) is 0 Å². The zero-order chi connectivity index (χ0) is 25.2. The molecule has 6 unspecified atom stereocenters. The highest BCUT2D eigenvalue weighted by Crippen LogP contribution is 2.10. The molecule has 0 aromatic heterocycles. The number of nitrogens with two attached hydrogens (primary N) is 2. The number of hydrogen-bond donors (Lipinski definition) is 7. The Kier molecular flexibility index (Phi) is 12.5. The van der Waals surface area contributed by atoms with Crippen LogP contribution in [0.25, 0.3) is 0 Å². The number of nitrogens with one attached hydrogen (secondary N) is 3. The van der Waals surface area contributed by atoms with E-state index in [1.54, 1.807) is 27.7 Å². The van der Waals surface area contributed by atoms with Crippen LogP contribution in [0.4, 0.5) is 0 Å². The van der Waals surface area contributed by atoms with Crippen molar-refractivity contribution in [3.05, 3.63) is 0 Å². The van der Waals surface area contributed by atoms with E-state index in [0.29, 0.717) is 6.42 Å². The van der Waals surface area contributed by atoms with Crippen molar-refractivity contribution in [3.63, 3.8) is 0 Å². The summed E-state index contributed by atoms with van der Waals surface area (Å²) < 4.78 is 0. The second kappa shape index (κ2) is 13.6. The van der Waals surface area contributed by atoms with Crippen molar-refractivity contribution < 1.29 is 34.2 Å². The minimum atomic E-state index is -1.44. The fraction of sp³-hybridized carbons (Fsp3) is 0.750. The van der Waals surface area contributed by atoms with Crippen LogP contribution >= 0.6 is 0 Å². The number of rotatable bonds is 14. The zero-order valence-electron chi connectivity index (χ0n) is 19.3. The topological polar surface area (TPSA) is 214 Å². The fourth-order valence-electron chi connectivity index (χ4n) is 2.81. The van der Waals surface area contributed by atoms with Gasteiger partial charge in [-0.25, -0.2) is 4.79 Å². The van der Waals surface area contributed by atoms with Crippen LogP contribution in [0.1, 0.15) is 53.9 Å². The first kappa shape index (κ1) is 29.3. The van der Waals surface area contributed by atoms with Crippen LogP contribution in [-0.2, 0) is 24.0 Å². The quantitative estimate of drug-likeness (QED) is 0.157. The average Bonchev–Trinajstić information content (AvgIpc) is 2.68. The van der Waals surface area contributed by atoms with Gasteiger partial charge in [0.05, 0.1) is 12.5 Å². The van der Waals surface area contributed by atoms with Crippen molar-refractivity contribution in [2.45, 2.75) is 84.2 Å². The molecule has 0 bridgehead atoms. The number of primary amides is 1. The molecule has 0 aliphatic heterocycles. The summed E-state index contributed by atoms with van der Waals surface area (Å²) in [5.41, 5.74) is 10.8. The number of hydrogen-bond acceptors (Lipinski definition) is 7. The molecule has 0 saturated carbocycles. The van der Waals surface area contributed by atoms with Gasteiger partial charge in [0.25, 0.3) is 0 Å². The molecule has 0 aliphatic carbocycles. The number of carboxylic acids is 1. The SMILES string of the molecule is CCC(C)C(NC(=O)C(CC(N)=O)NC(=O)C(CC(C)C)NC(=O)C(N)C(C)O)C(=O)O. The zero-order valence-corrected chi connectivity index (χ0v) is 19.3. The second-order valence-corrected chi connectivity index (χ2v) is 8.40. The Morgan fingerprint density at radius 2 is 1.38 bits per heavy atom. The van der Waals surface area contributed by atoms with Gasteiger partial charge < -0.3 is 37.6 Å². The molecule has 184 valence electrons. The lowest BCUT2D eigenvalue weighted by molar-refractivity contribution is -0.144. The highest BCUT2D eigenvalue weighted by Gasteiger charge is 2.33. The Balaban J connectivity index is 5.59. The second-order valence-electron chi connectivity index (χ2n) is 8.40. The number of amides is 4. The maximum absolute atomic E-state index is 12.8. The highest BCUT2D eigenvalue weighted by atomic mass is 16.4. The highest BCUT2D eigenvalue weighted by molar-refractivity contribution is 5.96. The van der Waals surface area contributed by atoms with Crippen LogP contribution < -0.4 is 27.4 Å². The largest absolute Gasteiger partial charge is 0.480 e. The third kappa shape index (κ3) is 10.1. The molecular weight excluding hydrogens is 422 g/mol. The van der Waals surface area contributed by atoms with E-state index in [-0.39, 0.29) is 12.3 Å². The lowest BCUT2D eigenvalue weighted by Gasteiger charge is -2.27. The lowest BCUT2D eigenvalue weighted by atomic mass is 9.98. The third-order valence-electron chi connectivity index (χ3n) is 4.98. The van der Waals surface area contributed by atoms with E-state index >= 15 is 0 Å². The molecule has 6 atom stereocenters. The van der Waals surface area contributed by atoms with Crippen molar-refractivity contribution in [1.82, 2.24) is 16.0 Å². The van der Waals surface area contributed by atoms with Gasteiger partial charge >= 0.3 is 5.97 Å². The van der Waals surface area contributed by atoms with Gasteiger partial charge in [-0.3, -0.25) is 19.2 Å². The number of carboxylic acid groups (broad SMARTS) is 1. The number of aliphatic carboxylic acids is 1. The van der Waals surface area contributed by atoms with Crippen LogP contribution in [0.5, 0.6) is 0 Å². The van der Waals surface area contributed by atoms with Crippen molar-refractivity contribution in [2.75, 3.05) is 0 Å². The van der Waals surface area contributed by atoms with Crippen molar-refractivity contribution in [2.24, 2.45) is 23.3 Å². The molecule has 0 aromatic rings. The Morgan fingerprint density at radius 3 is 1.78 bits per heavy atom. The molecule has 12 nitrogen and oxygen atoms in total. The van der Waals surface area contributed by atoms with Gasteiger partial charge in [0.1, 0.15) is 24.2 Å². The van der Waals surface area contributed by atoms with Gasteiger partial charge in [-0.15, -0.1) is 0 Å². The molecule has 0 aliphatic rings. The van der Waals surface area contributed by atoms with Crippen LogP contribution in [-0.4, -0.2) is 70.1 Å². The number of aliphatic hydroxyl groups excluding tert-OH is 1. The van der Waals surface area contributed by atoms with Crippen molar-refractivity contribution in [3.8, 4) is 0 Å². The monoisotopic (exact) mass is 459 g/mol. The van der Waals surface area contributed by atoms with E-state index in [4.69, 9.17) is 11.5 Å². The van der Waals surface area contributed by atoms with Gasteiger partial charge in [-0.05, 0) is 25.2 Å². The average molecular weight is 460 g/mol. The summed E-state index contributed by atoms with van der Waals surface area (Å²) in [6.07, 6.45) is -1.07. The minimum Gasteiger partial charge on any atom is -0.480 e. The Morgan fingerprint density at radius 1 is 0.875 bits per heavy atom. The number of aliphatic hydroxyl groups is 1. The minimum absolute atomic E-state index is 0.0426. The molecule has 32 heavy (non-hydrogen) atoms. The van der Waals surface area contributed by atoms with Gasteiger partial charge in [0.2, 0.25) is 23.6 Å². The first-order chi connectivity index (χ1) is 14.7. The fourth-order valence-corrected chi connectivity index (χ4v) is 2.81. The number of carbonyl (C=O) groups excluding carboxylic acids is 4. The first-order valence-electron chi connectivity index (χ1n) is 10.6. The molecule has 0 heterocycles. The Labute approximate surface area is 187 Å². The Hall–Kier alpha value is -2.73. The summed E-state index contributed by atoms with van der Waals surface area (Å²) in [6.45, 7) is 8.33. The van der Waals surface area contributed by atoms with E-state index in [0.717, 1.165) is 0 Å². The van der Waals surface area contributed by atoms with Gasteiger partial charge in [0.15, 0.2) is 0 Å². The molecule has 12 heteroatoms. The van der Waals surface area contributed by atoms with Crippen LogP contribution in [0.2, 0.25) is 0 Å². The molecule has 4 amide bonds. The maximum atomic E-state index is 12.8. The summed E-state index contributed by atoms with van der Waals surface area (Å²) in [5.74, 6) is -5.02. The van der Waals surface area contributed by atoms with Crippen LogP contribution in [0, 0.1) is 11.8 Å². The number of carbonyl (C=O) groups is 5. The smallest absolute Gasteiger partial charge is 0.326 e. The molecule has 0 radical (unpaired) electrons. The first-order valence-corrected chi connectivity index (χ1v) is 10.6. The molecule has 0 spiro atoms. The predicted octanol–water partition coefficient (Wildman–Crippen LogP) is -1.80. The van der Waals surface area contributed by atoms with E-state index in [1.165, 1.54) is 6.92 Å². The molecular formula is C20H37N5O7. The van der Waals surface area contributed by atoms with Crippen LogP contribution in [0.15, 0.2) is 0 Å². The summed E-state index contributed by atoms with van der Waals surface area (Å²) >= 11 is 0. The van der Waals surface area contributed by atoms with Gasteiger partial charge in [-0.1, -0.05) is 34.1 Å². The van der Waals surface area contributed by atoms with E-state index in [2.05, 4.69) is 16.0 Å². The molecule has 0 fully saturated rings. The third-order valence-corrected chi connectivity index (χ3v) is 4.98.